The summed E-state index contributed by atoms with van der Waals surface area (Å²) < 4.78 is 0.968. The summed E-state index contributed by atoms with van der Waals surface area (Å²) in [5.74, 6) is -0.758. The molecular formula is C11H10BrN3O2. The summed E-state index contributed by atoms with van der Waals surface area (Å²) >= 11 is 3.34. The van der Waals surface area contributed by atoms with Gasteiger partial charge in [-0.25, -0.2) is 4.98 Å². The number of nitrogens with zero attached hydrogens (tertiary/aromatic N) is 2. The molecule has 1 aromatic carbocycles. The van der Waals surface area contributed by atoms with Crippen LogP contribution in [0.4, 0.5) is 0 Å². The van der Waals surface area contributed by atoms with Crippen molar-refractivity contribution in [3.05, 3.63) is 34.6 Å². The Kier molecular flexibility index (Phi) is 3.23. The highest BCUT2D eigenvalue weighted by Crippen LogP contribution is 2.20. The van der Waals surface area contributed by atoms with E-state index in [0.29, 0.717) is 11.6 Å². The largest absolute Gasteiger partial charge is 0.481 e. The molecule has 0 aliphatic rings. The van der Waals surface area contributed by atoms with E-state index in [9.17, 15) is 4.79 Å². The Balaban J connectivity index is 2.29. The number of H-pyrrole nitrogens is 1. The maximum atomic E-state index is 10.8. The Morgan fingerprint density at radius 2 is 2.06 bits per heavy atom. The van der Waals surface area contributed by atoms with Gasteiger partial charge >= 0.3 is 5.97 Å². The van der Waals surface area contributed by atoms with E-state index in [2.05, 4.69) is 31.1 Å². The molecule has 0 radical (unpaired) electrons. The Labute approximate surface area is 106 Å². The summed E-state index contributed by atoms with van der Waals surface area (Å²) in [6.45, 7) is 1.56. The third kappa shape index (κ3) is 2.52. The van der Waals surface area contributed by atoms with E-state index in [1.807, 2.05) is 24.3 Å². The van der Waals surface area contributed by atoms with Gasteiger partial charge in [0.1, 0.15) is 11.7 Å². The van der Waals surface area contributed by atoms with Gasteiger partial charge in [-0.3, -0.25) is 9.89 Å². The van der Waals surface area contributed by atoms with Crippen LogP contribution in [-0.2, 0) is 4.79 Å². The number of carboxylic acids is 1. The van der Waals surface area contributed by atoms with Gasteiger partial charge in [0.2, 0.25) is 0 Å². The molecule has 6 heteroatoms. The van der Waals surface area contributed by atoms with E-state index in [1.165, 1.54) is 0 Å². The van der Waals surface area contributed by atoms with Crippen LogP contribution in [-0.4, -0.2) is 26.3 Å². The molecule has 0 fully saturated rings. The van der Waals surface area contributed by atoms with Crippen molar-refractivity contribution < 1.29 is 9.90 Å². The Morgan fingerprint density at radius 1 is 1.41 bits per heavy atom. The van der Waals surface area contributed by atoms with Crippen LogP contribution in [0.25, 0.3) is 11.4 Å². The van der Waals surface area contributed by atoms with E-state index in [0.717, 1.165) is 10.0 Å². The van der Waals surface area contributed by atoms with Crippen molar-refractivity contribution in [1.29, 1.82) is 0 Å². The normalized spacial score (nSPS) is 12.4. The predicted octanol–water partition coefficient (Wildman–Crippen LogP) is 2.42. The maximum absolute atomic E-state index is 10.8. The molecule has 0 saturated carbocycles. The molecule has 1 heterocycles. The van der Waals surface area contributed by atoms with E-state index in [1.54, 1.807) is 6.92 Å². The lowest BCUT2D eigenvalue weighted by atomic mass is 10.2. The third-order valence-corrected chi connectivity index (χ3v) is 2.91. The zero-order valence-electron chi connectivity index (χ0n) is 9.01. The molecule has 0 aliphatic carbocycles. The Hall–Kier alpha value is -1.69. The van der Waals surface area contributed by atoms with Gasteiger partial charge in [0.15, 0.2) is 5.82 Å². The van der Waals surface area contributed by atoms with Gasteiger partial charge in [0.05, 0.1) is 0 Å². The van der Waals surface area contributed by atoms with E-state index in [4.69, 9.17) is 5.11 Å². The number of benzene rings is 1. The van der Waals surface area contributed by atoms with E-state index in [-0.39, 0.29) is 0 Å². The van der Waals surface area contributed by atoms with Gasteiger partial charge in [0.25, 0.3) is 0 Å². The fraction of sp³-hybridized carbons (Fsp3) is 0.182. The fourth-order valence-corrected chi connectivity index (χ4v) is 1.58. The monoisotopic (exact) mass is 295 g/mol. The maximum Gasteiger partial charge on any atom is 0.313 e. The van der Waals surface area contributed by atoms with Crippen LogP contribution >= 0.6 is 15.9 Å². The number of carbonyl (C=O) groups is 1. The summed E-state index contributed by atoms with van der Waals surface area (Å²) in [5, 5.41) is 15.5. The highest BCUT2D eigenvalue weighted by atomic mass is 79.9. The highest BCUT2D eigenvalue weighted by Gasteiger charge is 2.18. The molecule has 0 unspecified atom stereocenters. The van der Waals surface area contributed by atoms with Crippen molar-refractivity contribution in [2.45, 2.75) is 12.8 Å². The van der Waals surface area contributed by atoms with E-state index >= 15 is 0 Å². The van der Waals surface area contributed by atoms with Crippen LogP contribution in [0.2, 0.25) is 0 Å². The van der Waals surface area contributed by atoms with Crippen LogP contribution < -0.4 is 0 Å². The van der Waals surface area contributed by atoms with Crippen molar-refractivity contribution in [3.63, 3.8) is 0 Å². The number of nitrogens with one attached hydrogen (secondary N) is 1. The molecule has 5 nitrogen and oxygen atoms in total. The number of aromatic amines is 1. The molecule has 0 bridgehead atoms. The molecule has 0 spiro atoms. The molecule has 0 aliphatic heterocycles. The molecule has 0 saturated heterocycles. The minimum absolute atomic E-state index is 0.357. The highest BCUT2D eigenvalue weighted by molar-refractivity contribution is 9.10. The first-order chi connectivity index (χ1) is 8.08. The van der Waals surface area contributed by atoms with Gasteiger partial charge < -0.3 is 5.11 Å². The van der Waals surface area contributed by atoms with Crippen molar-refractivity contribution in [3.8, 4) is 11.4 Å². The Morgan fingerprint density at radius 3 is 2.65 bits per heavy atom. The predicted molar refractivity (Wildman–Crippen MR) is 65.6 cm³/mol. The smallest absolute Gasteiger partial charge is 0.313 e. The second kappa shape index (κ2) is 4.67. The van der Waals surface area contributed by atoms with Gasteiger partial charge in [-0.2, -0.15) is 5.10 Å². The minimum Gasteiger partial charge on any atom is -0.481 e. The second-order valence-corrected chi connectivity index (χ2v) is 4.53. The van der Waals surface area contributed by atoms with Crippen molar-refractivity contribution in [2.75, 3.05) is 0 Å². The SMILES string of the molecule is C[C@@H](C(=O)O)c1nc(-c2ccc(Br)cc2)n[nH]1. The van der Waals surface area contributed by atoms with Gasteiger partial charge in [-0.1, -0.05) is 28.1 Å². The molecular weight excluding hydrogens is 286 g/mol. The molecule has 1 atom stereocenters. The number of halogens is 1. The van der Waals surface area contributed by atoms with Gasteiger partial charge in [-0.15, -0.1) is 0 Å². The zero-order valence-corrected chi connectivity index (χ0v) is 10.6. The number of carboxylic acid groups (broad SMARTS) is 1. The molecule has 2 rings (SSSR count). The number of hydrogen-bond donors (Lipinski definition) is 2. The van der Waals surface area contributed by atoms with Crippen LogP contribution in [0.3, 0.4) is 0 Å². The lowest BCUT2D eigenvalue weighted by Crippen LogP contribution is -2.08. The molecule has 0 amide bonds. The summed E-state index contributed by atoms with van der Waals surface area (Å²) in [5.41, 5.74) is 0.841. The fourth-order valence-electron chi connectivity index (χ4n) is 1.31. The van der Waals surface area contributed by atoms with Gasteiger partial charge in [-0.05, 0) is 19.1 Å². The number of rotatable bonds is 3. The summed E-state index contributed by atoms with van der Waals surface area (Å²) in [6, 6.07) is 7.49. The number of aromatic nitrogens is 3. The first-order valence-corrected chi connectivity index (χ1v) is 5.78. The summed E-state index contributed by atoms with van der Waals surface area (Å²) in [6.07, 6.45) is 0. The van der Waals surface area contributed by atoms with E-state index < -0.39 is 11.9 Å². The average molecular weight is 296 g/mol. The lowest BCUT2D eigenvalue weighted by molar-refractivity contribution is -0.138. The Bertz CT molecular complexity index is 536. The zero-order chi connectivity index (χ0) is 12.4. The molecule has 2 N–H and O–H groups in total. The lowest BCUT2D eigenvalue weighted by Gasteiger charge is -1.99. The minimum atomic E-state index is -0.927. The van der Waals surface area contributed by atoms with Gasteiger partial charge in [0, 0.05) is 10.0 Å². The number of aliphatic carboxylic acids is 1. The first kappa shape index (κ1) is 11.8. The summed E-state index contributed by atoms with van der Waals surface area (Å²) in [7, 11) is 0. The van der Waals surface area contributed by atoms with Crippen LogP contribution in [0.15, 0.2) is 28.7 Å². The first-order valence-electron chi connectivity index (χ1n) is 4.99. The van der Waals surface area contributed by atoms with Crippen molar-refractivity contribution in [2.24, 2.45) is 0 Å². The second-order valence-electron chi connectivity index (χ2n) is 3.61. The third-order valence-electron chi connectivity index (χ3n) is 2.39. The van der Waals surface area contributed by atoms with Crippen molar-refractivity contribution >= 4 is 21.9 Å². The average Bonchev–Trinajstić information content (AvgIpc) is 2.78. The topological polar surface area (TPSA) is 78.9 Å². The van der Waals surface area contributed by atoms with Crippen LogP contribution in [0.5, 0.6) is 0 Å². The van der Waals surface area contributed by atoms with Crippen LogP contribution in [0, 0.1) is 0 Å². The molecule has 1 aromatic heterocycles. The molecule has 88 valence electrons. The molecule has 17 heavy (non-hydrogen) atoms. The summed E-state index contributed by atoms with van der Waals surface area (Å²) in [4.78, 5) is 15.0. The molecule has 2 aromatic rings. The quantitative estimate of drug-likeness (QED) is 0.911. The van der Waals surface area contributed by atoms with Crippen LogP contribution in [0.1, 0.15) is 18.7 Å². The van der Waals surface area contributed by atoms with Crippen molar-refractivity contribution in [1.82, 2.24) is 15.2 Å². The number of hydrogen-bond acceptors (Lipinski definition) is 3. The standard InChI is InChI=1S/C11H10BrN3O2/c1-6(11(16)17)9-13-10(15-14-9)7-2-4-8(12)5-3-7/h2-6H,1H3,(H,16,17)(H,13,14,15)/t6-/m1/s1.